The van der Waals surface area contributed by atoms with Crippen LogP contribution in [0.2, 0.25) is 0 Å². The molecule has 0 amide bonds. The fourth-order valence-corrected chi connectivity index (χ4v) is 0. The Labute approximate surface area is 41.1 Å². The molecule has 2 nitrogen and oxygen atoms in total. The summed E-state index contributed by atoms with van der Waals surface area (Å²) in [5.41, 5.74) is 0. The van der Waals surface area contributed by atoms with Gasteiger partial charge in [-0.05, 0) is 0 Å². The second-order valence-corrected chi connectivity index (χ2v) is 6.58. The molecule has 0 spiro atoms. The molecular formula is CH3MoO2S. The predicted molar refractivity (Wildman–Crippen MR) is 14.8 cm³/mol. The maximum absolute atomic E-state index is 9.64. The molecule has 0 saturated carbocycles. The minimum absolute atomic E-state index is 1.10. The summed E-state index contributed by atoms with van der Waals surface area (Å²) in [5, 5.41) is 0. The molecule has 0 aromatic rings. The van der Waals surface area contributed by atoms with E-state index in [-0.39, 0.29) is 0 Å². The molecule has 0 aromatic heterocycles. The van der Waals surface area contributed by atoms with E-state index >= 15 is 0 Å². The van der Waals surface area contributed by atoms with Gasteiger partial charge in [0.05, 0.1) is 0 Å². The third kappa shape index (κ3) is 79.2. The van der Waals surface area contributed by atoms with Crippen molar-refractivity contribution in [3.8, 4) is 0 Å². The third-order valence-corrected chi connectivity index (χ3v) is 0. The van der Waals surface area contributed by atoms with Crippen molar-refractivity contribution in [1.29, 1.82) is 0 Å². The topological polar surface area (TPSA) is 34.1 Å². The average Bonchev–Trinajstić information content (AvgIpc) is 0.722. The third-order valence-electron chi connectivity index (χ3n) is 0. The van der Waals surface area contributed by atoms with E-state index in [1.165, 1.54) is 0 Å². The predicted octanol–water partition coefficient (Wildman–Crippen LogP) is -0.507. The number of hydrogen-bond donors (Lipinski definition) is 0. The first-order chi connectivity index (χ1) is 2.00. The summed E-state index contributed by atoms with van der Waals surface area (Å²) in [6.07, 6.45) is 1.16. The standard InChI is InChI=1S/CH3O2S.Mo/c1-4(2)3;/h1H3;. The van der Waals surface area contributed by atoms with E-state index in [1.807, 2.05) is 0 Å². The first-order valence-corrected chi connectivity index (χ1v) is 5.18. The summed E-state index contributed by atoms with van der Waals surface area (Å²) in [4.78, 5) is 0. The Morgan fingerprint density at radius 2 is 1.60 bits per heavy atom. The molecule has 0 rings (SSSR count). The Hall–Kier alpha value is 0.638. The molecule has 0 N–H and O–H groups in total. The van der Waals surface area contributed by atoms with Gasteiger partial charge in [-0.1, -0.05) is 0 Å². The van der Waals surface area contributed by atoms with Crippen LogP contribution in [-0.4, -0.2) is 14.7 Å². The number of rotatable bonds is 0. The molecule has 0 unspecified atom stereocenters. The normalized spacial score (nSPS) is 11.4. The zero-order chi connectivity index (χ0) is 4.50. The Kier molecular flexibility index (Phi) is 1.57. The van der Waals surface area contributed by atoms with Gasteiger partial charge in [0.15, 0.2) is 0 Å². The zero-order valence-corrected chi connectivity index (χ0v) is 5.46. The second kappa shape index (κ2) is 1.39. The molecule has 0 aliphatic rings. The van der Waals surface area contributed by atoms with Crippen molar-refractivity contribution >= 4 is 7.54 Å². The molecule has 0 aliphatic heterocycles. The molecule has 5 heavy (non-hydrogen) atoms. The molecular weight excluding hydrogens is 172 g/mol. The molecule has 4 heteroatoms. The molecule has 0 bridgehead atoms. The van der Waals surface area contributed by atoms with Gasteiger partial charge in [-0.3, -0.25) is 0 Å². The fraction of sp³-hybridized carbons (Fsp3) is 1.00. The Bertz CT molecular complexity index is 92.8. The van der Waals surface area contributed by atoms with Gasteiger partial charge in [-0.15, -0.1) is 0 Å². The van der Waals surface area contributed by atoms with Gasteiger partial charge >= 0.3 is 40.8 Å². The monoisotopic (exact) mass is 177 g/mol. The van der Waals surface area contributed by atoms with Crippen molar-refractivity contribution in [2.45, 2.75) is 0 Å². The van der Waals surface area contributed by atoms with Crippen LogP contribution in [0.1, 0.15) is 0 Å². The van der Waals surface area contributed by atoms with Gasteiger partial charge in [0.1, 0.15) is 0 Å². The van der Waals surface area contributed by atoms with Gasteiger partial charge in [-0.2, -0.15) is 0 Å². The van der Waals surface area contributed by atoms with Gasteiger partial charge < -0.3 is 0 Å². The fourth-order valence-electron chi connectivity index (χ4n) is 0. The molecule has 0 atom stereocenters. The van der Waals surface area contributed by atoms with Crippen LogP contribution in [0.5, 0.6) is 0 Å². The van der Waals surface area contributed by atoms with Gasteiger partial charge in [0, 0.05) is 0 Å². The van der Waals surface area contributed by atoms with Crippen LogP contribution in [-0.2, 0) is 26.1 Å². The van der Waals surface area contributed by atoms with Crippen molar-refractivity contribution < 1.29 is 27.0 Å². The Morgan fingerprint density at radius 3 is 1.60 bits per heavy atom. The summed E-state index contributed by atoms with van der Waals surface area (Å²) in [7, 11) is -2.66. The minimum atomic E-state index is -2.66. The van der Waals surface area contributed by atoms with Crippen LogP contribution in [0, 0.1) is 0 Å². The van der Waals surface area contributed by atoms with E-state index < -0.39 is 7.54 Å². The first-order valence-electron chi connectivity index (χ1n) is 0.908. The molecule has 0 saturated heterocycles. The molecule has 0 radical (unpaired) electrons. The Morgan fingerprint density at radius 1 is 1.60 bits per heavy atom. The average molecular weight is 175 g/mol. The molecule has 0 aromatic carbocycles. The van der Waals surface area contributed by atoms with Gasteiger partial charge in [0.2, 0.25) is 0 Å². The van der Waals surface area contributed by atoms with Gasteiger partial charge in [0.25, 0.3) is 0 Å². The summed E-state index contributed by atoms with van der Waals surface area (Å²) < 4.78 is 19.3. The molecule has 0 heterocycles. The van der Waals surface area contributed by atoms with Crippen molar-refractivity contribution in [1.82, 2.24) is 0 Å². The van der Waals surface area contributed by atoms with Crippen LogP contribution >= 0.6 is 0 Å². The van der Waals surface area contributed by atoms with Crippen LogP contribution in [0.25, 0.3) is 0 Å². The summed E-state index contributed by atoms with van der Waals surface area (Å²) in [6, 6.07) is 0. The van der Waals surface area contributed by atoms with Crippen molar-refractivity contribution in [3.05, 3.63) is 0 Å². The van der Waals surface area contributed by atoms with E-state index in [0.29, 0.717) is 0 Å². The van der Waals surface area contributed by atoms with Crippen LogP contribution in [0.4, 0.5) is 0 Å². The summed E-state index contributed by atoms with van der Waals surface area (Å²) in [5.74, 6) is 0. The second-order valence-electron chi connectivity index (χ2n) is 0.704. The van der Waals surface area contributed by atoms with Crippen LogP contribution < -0.4 is 0 Å². The van der Waals surface area contributed by atoms with Crippen molar-refractivity contribution in [3.63, 3.8) is 0 Å². The van der Waals surface area contributed by atoms with Crippen LogP contribution in [0.3, 0.4) is 0 Å². The molecule has 31 valence electrons. The summed E-state index contributed by atoms with van der Waals surface area (Å²) in [6.45, 7) is 0. The maximum atomic E-state index is 9.64. The van der Waals surface area contributed by atoms with Crippen molar-refractivity contribution in [2.75, 3.05) is 6.26 Å². The molecule has 0 fully saturated rings. The summed E-state index contributed by atoms with van der Waals surface area (Å²) >= 11 is 1.10. The van der Waals surface area contributed by atoms with E-state index in [4.69, 9.17) is 0 Å². The van der Waals surface area contributed by atoms with Crippen molar-refractivity contribution in [2.24, 2.45) is 0 Å². The van der Waals surface area contributed by atoms with E-state index in [0.717, 1.165) is 24.8 Å². The SMILES string of the molecule is C[S](=O)(=O)[Mo]. The zero-order valence-electron chi connectivity index (χ0n) is 2.63. The van der Waals surface area contributed by atoms with E-state index in [2.05, 4.69) is 0 Å². The van der Waals surface area contributed by atoms with E-state index in [1.54, 1.807) is 0 Å². The van der Waals surface area contributed by atoms with Crippen LogP contribution in [0.15, 0.2) is 0 Å². The number of hydrogen-bond acceptors (Lipinski definition) is 2. The first kappa shape index (κ1) is 5.64. The molecule has 0 aliphatic carbocycles. The Balaban J connectivity index is 4.06. The van der Waals surface area contributed by atoms with E-state index in [9.17, 15) is 8.42 Å². The van der Waals surface area contributed by atoms with Gasteiger partial charge in [-0.25, -0.2) is 0 Å². The quantitative estimate of drug-likeness (QED) is 0.465.